The number of aryl methyl sites for hydroxylation is 1. The Morgan fingerprint density at radius 3 is 2.55 bits per heavy atom. The predicted octanol–water partition coefficient (Wildman–Crippen LogP) is 1.63. The van der Waals surface area contributed by atoms with E-state index in [1.807, 2.05) is 0 Å². The summed E-state index contributed by atoms with van der Waals surface area (Å²) >= 11 is 0. The molecule has 0 unspecified atom stereocenters. The molecule has 1 aromatic rings. The largest absolute Gasteiger partial charge is 0.550 e. The number of aliphatic carboxylic acids is 1. The van der Waals surface area contributed by atoms with Gasteiger partial charge in [-0.2, -0.15) is 0 Å². The number of carboxylic acid groups (broad SMARTS) is 1. The first-order valence-electron chi connectivity index (χ1n) is 6.77. The van der Waals surface area contributed by atoms with E-state index in [9.17, 15) is 19.1 Å². The van der Waals surface area contributed by atoms with Crippen molar-refractivity contribution < 1.29 is 19.1 Å². The van der Waals surface area contributed by atoms with Crippen LogP contribution in [0.1, 0.15) is 31.2 Å². The fourth-order valence-corrected chi connectivity index (χ4v) is 2.69. The first-order chi connectivity index (χ1) is 9.49. The van der Waals surface area contributed by atoms with Gasteiger partial charge in [0.1, 0.15) is 5.82 Å². The van der Waals surface area contributed by atoms with Crippen molar-refractivity contribution in [3.05, 3.63) is 29.6 Å². The van der Waals surface area contributed by atoms with Gasteiger partial charge in [-0.15, -0.1) is 0 Å². The van der Waals surface area contributed by atoms with E-state index < -0.39 is 29.5 Å². The minimum Gasteiger partial charge on any atom is -0.550 e. The van der Waals surface area contributed by atoms with E-state index in [0.29, 0.717) is 12.8 Å². The Morgan fingerprint density at radius 2 is 1.90 bits per heavy atom. The van der Waals surface area contributed by atoms with Crippen molar-refractivity contribution in [2.75, 3.05) is 5.32 Å². The molecule has 1 amide bonds. The topological polar surface area (TPSA) is 69.2 Å². The quantitative estimate of drug-likeness (QED) is 0.913. The third-order valence-corrected chi connectivity index (χ3v) is 3.79. The molecule has 5 heteroatoms. The van der Waals surface area contributed by atoms with Crippen molar-refractivity contribution in [1.82, 2.24) is 0 Å². The van der Waals surface area contributed by atoms with Gasteiger partial charge >= 0.3 is 0 Å². The molecule has 1 N–H and O–H groups in total. The van der Waals surface area contributed by atoms with E-state index in [-0.39, 0.29) is 5.69 Å². The summed E-state index contributed by atoms with van der Waals surface area (Å²) in [5, 5.41) is 13.6. The lowest BCUT2D eigenvalue weighted by molar-refractivity contribution is -0.313. The maximum atomic E-state index is 13.6. The average molecular weight is 278 g/mol. The molecular weight excluding hydrogens is 261 g/mol. The summed E-state index contributed by atoms with van der Waals surface area (Å²) in [6, 6.07) is 4.42. The summed E-state index contributed by atoms with van der Waals surface area (Å²) in [5.74, 6) is -3.59. The summed E-state index contributed by atoms with van der Waals surface area (Å²) in [6.45, 7) is 1.79. The maximum Gasteiger partial charge on any atom is 0.228 e. The first-order valence-corrected chi connectivity index (χ1v) is 6.77. The van der Waals surface area contributed by atoms with E-state index >= 15 is 0 Å². The first kappa shape index (κ1) is 14.5. The van der Waals surface area contributed by atoms with Gasteiger partial charge in [-0.3, -0.25) is 4.79 Å². The number of carbonyl (C=O) groups is 2. The van der Waals surface area contributed by atoms with Crippen LogP contribution in [-0.2, 0) is 9.59 Å². The van der Waals surface area contributed by atoms with Crippen LogP contribution in [0.2, 0.25) is 0 Å². The Balaban J connectivity index is 2.14. The number of halogens is 1. The molecule has 1 aliphatic rings. The van der Waals surface area contributed by atoms with Gasteiger partial charge < -0.3 is 15.2 Å². The molecule has 4 nitrogen and oxygen atoms in total. The Bertz CT molecular complexity index is 530. The molecule has 0 aliphatic heterocycles. The third kappa shape index (κ3) is 3.15. The van der Waals surface area contributed by atoms with Gasteiger partial charge in [0.2, 0.25) is 5.91 Å². The van der Waals surface area contributed by atoms with Crippen LogP contribution in [0, 0.1) is 24.6 Å². The second-order valence-corrected chi connectivity index (χ2v) is 5.29. The van der Waals surface area contributed by atoms with Gasteiger partial charge in [0, 0.05) is 17.8 Å². The third-order valence-electron chi connectivity index (χ3n) is 3.79. The van der Waals surface area contributed by atoms with Crippen LogP contribution in [-0.4, -0.2) is 11.9 Å². The summed E-state index contributed by atoms with van der Waals surface area (Å²) < 4.78 is 13.6. The molecule has 1 saturated carbocycles. The zero-order valence-corrected chi connectivity index (χ0v) is 11.3. The molecule has 0 saturated heterocycles. The normalized spacial score (nSPS) is 22.3. The molecule has 20 heavy (non-hydrogen) atoms. The van der Waals surface area contributed by atoms with E-state index in [1.165, 1.54) is 12.1 Å². The van der Waals surface area contributed by atoms with Crippen molar-refractivity contribution in [3.8, 4) is 0 Å². The molecule has 1 aromatic carbocycles. The molecule has 1 aliphatic carbocycles. The Labute approximate surface area is 117 Å². The van der Waals surface area contributed by atoms with Gasteiger partial charge in [-0.05, 0) is 37.5 Å². The SMILES string of the molecule is Cc1ccc(F)c(NC(=O)[C@H]2CCCC[C@@H]2C(=O)[O-])c1. The van der Waals surface area contributed by atoms with Crippen LogP contribution in [0.25, 0.3) is 0 Å². The molecule has 0 heterocycles. The molecule has 0 bridgehead atoms. The van der Waals surface area contributed by atoms with E-state index in [0.717, 1.165) is 18.4 Å². The summed E-state index contributed by atoms with van der Waals surface area (Å²) in [7, 11) is 0. The highest BCUT2D eigenvalue weighted by molar-refractivity contribution is 5.95. The number of hydrogen-bond acceptors (Lipinski definition) is 3. The highest BCUT2D eigenvalue weighted by Gasteiger charge is 2.32. The molecule has 0 spiro atoms. The number of amides is 1. The van der Waals surface area contributed by atoms with Crippen LogP contribution in [0.4, 0.5) is 10.1 Å². The van der Waals surface area contributed by atoms with Crippen molar-refractivity contribution in [3.63, 3.8) is 0 Å². The minimum atomic E-state index is -1.20. The predicted molar refractivity (Wildman–Crippen MR) is 70.2 cm³/mol. The second-order valence-electron chi connectivity index (χ2n) is 5.29. The molecule has 108 valence electrons. The average Bonchev–Trinajstić information content (AvgIpc) is 2.42. The molecule has 2 atom stereocenters. The van der Waals surface area contributed by atoms with Gasteiger partial charge in [0.15, 0.2) is 0 Å². The van der Waals surface area contributed by atoms with Crippen LogP contribution >= 0.6 is 0 Å². The number of benzene rings is 1. The van der Waals surface area contributed by atoms with Gasteiger partial charge in [0.25, 0.3) is 0 Å². The zero-order chi connectivity index (χ0) is 14.7. The maximum absolute atomic E-state index is 13.6. The summed E-state index contributed by atoms with van der Waals surface area (Å²) in [4.78, 5) is 23.3. The highest BCUT2D eigenvalue weighted by atomic mass is 19.1. The molecular formula is C15H17FNO3-. The van der Waals surface area contributed by atoms with Crippen LogP contribution in [0.5, 0.6) is 0 Å². The molecule has 0 radical (unpaired) electrons. The fraction of sp³-hybridized carbons (Fsp3) is 0.467. The number of nitrogens with one attached hydrogen (secondary N) is 1. The summed E-state index contributed by atoms with van der Waals surface area (Å²) in [6.07, 6.45) is 2.52. The number of rotatable bonds is 3. The molecule has 2 rings (SSSR count). The number of carbonyl (C=O) groups excluding carboxylic acids is 2. The molecule has 1 fully saturated rings. The van der Waals surface area contributed by atoms with Crippen LogP contribution < -0.4 is 10.4 Å². The Morgan fingerprint density at radius 1 is 1.25 bits per heavy atom. The number of carboxylic acids is 1. The minimum absolute atomic E-state index is 0.0951. The van der Waals surface area contributed by atoms with Crippen molar-refractivity contribution in [2.45, 2.75) is 32.6 Å². The zero-order valence-electron chi connectivity index (χ0n) is 11.3. The Kier molecular flexibility index (Phi) is 4.37. The number of anilines is 1. The lowest BCUT2D eigenvalue weighted by Crippen LogP contribution is -2.42. The fourth-order valence-electron chi connectivity index (χ4n) is 2.69. The lowest BCUT2D eigenvalue weighted by atomic mass is 9.78. The molecule has 0 aromatic heterocycles. The number of hydrogen-bond donors (Lipinski definition) is 1. The van der Waals surface area contributed by atoms with Crippen LogP contribution in [0.15, 0.2) is 18.2 Å². The second kappa shape index (κ2) is 6.03. The summed E-state index contributed by atoms with van der Waals surface area (Å²) in [5.41, 5.74) is 0.916. The van der Waals surface area contributed by atoms with Crippen LogP contribution in [0.3, 0.4) is 0 Å². The van der Waals surface area contributed by atoms with Crippen molar-refractivity contribution in [1.29, 1.82) is 0 Å². The Hall–Kier alpha value is -1.91. The lowest BCUT2D eigenvalue weighted by Gasteiger charge is -2.31. The van der Waals surface area contributed by atoms with Crippen molar-refractivity contribution in [2.24, 2.45) is 11.8 Å². The van der Waals surface area contributed by atoms with Gasteiger partial charge in [-0.25, -0.2) is 4.39 Å². The van der Waals surface area contributed by atoms with E-state index in [1.54, 1.807) is 13.0 Å². The van der Waals surface area contributed by atoms with Gasteiger partial charge in [0.05, 0.1) is 5.69 Å². The van der Waals surface area contributed by atoms with Crippen molar-refractivity contribution >= 4 is 17.6 Å². The standard InChI is InChI=1S/C15H18FNO3/c1-9-6-7-12(16)13(8-9)17-14(18)10-4-2-3-5-11(10)15(19)20/h6-8,10-11H,2-5H2,1H3,(H,17,18)(H,19,20)/p-1/t10-,11-/m0/s1. The van der Waals surface area contributed by atoms with E-state index in [2.05, 4.69) is 5.32 Å². The monoisotopic (exact) mass is 278 g/mol. The van der Waals surface area contributed by atoms with Gasteiger partial charge in [-0.1, -0.05) is 18.9 Å². The smallest absolute Gasteiger partial charge is 0.228 e. The highest BCUT2D eigenvalue weighted by Crippen LogP contribution is 2.31. The van der Waals surface area contributed by atoms with E-state index in [4.69, 9.17) is 0 Å².